The van der Waals surface area contributed by atoms with E-state index in [-0.39, 0.29) is 6.54 Å². The number of pyridine rings is 1. The van der Waals surface area contributed by atoms with Crippen molar-refractivity contribution in [1.29, 1.82) is 0 Å². The lowest BCUT2D eigenvalue weighted by Crippen LogP contribution is -2.27. The molecule has 1 aliphatic heterocycles. The average Bonchev–Trinajstić information content (AvgIpc) is 3.04. The number of amides is 1. The smallest absolute Gasteiger partial charge is 0.262 e. The molecule has 3 aromatic rings. The summed E-state index contributed by atoms with van der Waals surface area (Å²) in [7, 11) is 0. The van der Waals surface area contributed by atoms with Gasteiger partial charge < -0.3 is 14.8 Å². The van der Waals surface area contributed by atoms with Crippen molar-refractivity contribution in [3.8, 4) is 22.8 Å². The Labute approximate surface area is 143 Å². The highest BCUT2D eigenvalue weighted by Crippen LogP contribution is 2.36. The fourth-order valence-electron chi connectivity index (χ4n) is 2.76. The van der Waals surface area contributed by atoms with Gasteiger partial charge in [0.25, 0.3) is 5.91 Å². The van der Waals surface area contributed by atoms with Crippen LogP contribution in [0.25, 0.3) is 16.9 Å². The molecule has 8 heteroatoms. The number of ether oxygens (including phenoxy) is 2. The van der Waals surface area contributed by atoms with Crippen LogP contribution in [-0.4, -0.2) is 40.3 Å². The van der Waals surface area contributed by atoms with Gasteiger partial charge >= 0.3 is 0 Å². The van der Waals surface area contributed by atoms with Gasteiger partial charge in [0.2, 0.25) is 0 Å². The SMILES string of the molecule is O=C(CNc1c(-c2ccc3c(c2)OCCO3)nc2ccccn12)NO. The number of hydroxylamine groups is 1. The Bertz CT molecular complexity index is 938. The van der Waals surface area contributed by atoms with Crippen LogP contribution in [0.4, 0.5) is 5.82 Å². The van der Waals surface area contributed by atoms with Crippen molar-refractivity contribution in [3.63, 3.8) is 0 Å². The minimum Gasteiger partial charge on any atom is -0.486 e. The average molecular weight is 340 g/mol. The summed E-state index contributed by atoms with van der Waals surface area (Å²) in [5, 5.41) is 11.7. The molecule has 4 rings (SSSR count). The number of anilines is 1. The maximum Gasteiger partial charge on any atom is 0.262 e. The first-order valence-corrected chi connectivity index (χ1v) is 7.80. The number of hydrogen-bond donors (Lipinski definition) is 3. The van der Waals surface area contributed by atoms with Gasteiger partial charge in [0.05, 0.1) is 6.54 Å². The lowest BCUT2D eigenvalue weighted by atomic mass is 10.1. The van der Waals surface area contributed by atoms with Crippen LogP contribution in [0.3, 0.4) is 0 Å². The number of nitrogens with one attached hydrogen (secondary N) is 2. The molecule has 1 amide bonds. The van der Waals surface area contributed by atoms with E-state index >= 15 is 0 Å². The summed E-state index contributed by atoms with van der Waals surface area (Å²) in [4.78, 5) is 16.0. The molecule has 0 spiro atoms. The minimum absolute atomic E-state index is 0.0866. The topological polar surface area (TPSA) is 97.1 Å². The molecule has 0 aliphatic carbocycles. The van der Waals surface area contributed by atoms with Crippen molar-refractivity contribution < 1.29 is 19.5 Å². The van der Waals surface area contributed by atoms with E-state index in [2.05, 4.69) is 10.3 Å². The zero-order valence-electron chi connectivity index (χ0n) is 13.2. The molecular weight excluding hydrogens is 324 g/mol. The number of carbonyl (C=O) groups is 1. The van der Waals surface area contributed by atoms with Gasteiger partial charge in [-0.2, -0.15) is 0 Å². The summed E-state index contributed by atoms with van der Waals surface area (Å²) >= 11 is 0. The Morgan fingerprint density at radius 3 is 2.88 bits per heavy atom. The van der Waals surface area contributed by atoms with E-state index in [1.807, 2.05) is 47.0 Å². The minimum atomic E-state index is -0.543. The second-order valence-electron chi connectivity index (χ2n) is 5.48. The molecular formula is C17H16N4O4. The summed E-state index contributed by atoms with van der Waals surface area (Å²) in [6.07, 6.45) is 1.85. The number of rotatable bonds is 4. The molecule has 0 unspecified atom stereocenters. The number of aromatic nitrogens is 2. The molecule has 0 fully saturated rings. The van der Waals surface area contributed by atoms with Crippen LogP contribution in [0.1, 0.15) is 0 Å². The van der Waals surface area contributed by atoms with Crippen LogP contribution in [0, 0.1) is 0 Å². The normalized spacial score (nSPS) is 12.8. The van der Waals surface area contributed by atoms with E-state index in [1.54, 1.807) is 5.48 Å². The Kier molecular flexibility index (Phi) is 3.87. The first-order chi connectivity index (χ1) is 12.3. The van der Waals surface area contributed by atoms with E-state index in [0.717, 1.165) is 11.2 Å². The van der Waals surface area contributed by atoms with Gasteiger partial charge in [0, 0.05) is 11.8 Å². The fourth-order valence-corrected chi connectivity index (χ4v) is 2.76. The maximum atomic E-state index is 11.4. The fraction of sp³-hybridized carbons (Fsp3) is 0.176. The molecule has 3 heterocycles. The highest BCUT2D eigenvalue weighted by Gasteiger charge is 2.18. The van der Waals surface area contributed by atoms with Crippen molar-refractivity contribution in [1.82, 2.24) is 14.9 Å². The van der Waals surface area contributed by atoms with Crippen molar-refractivity contribution in [2.45, 2.75) is 0 Å². The Hall–Kier alpha value is -3.26. The monoisotopic (exact) mass is 340 g/mol. The van der Waals surface area contributed by atoms with Crippen LogP contribution < -0.4 is 20.3 Å². The highest BCUT2D eigenvalue weighted by atomic mass is 16.6. The molecule has 2 aromatic heterocycles. The zero-order chi connectivity index (χ0) is 17.2. The number of fused-ring (bicyclic) bond motifs is 2. The van der Waals surface area contributed by atoms with Crippen molar-refractivity contribution >= 4 is 17.4 Å². The molecule has 128 valence electrons. The summed E-state index contributed by atoms with van der Waals surface area (Å²) in [5.41, 5.74) is 3.85. The first kappa shape index (κ1) is 15.3. The molecule has 0 saturated carbocycles. The van der Waals surface area contributed by atoms with Crippen LogP contribution in [0.5, 0.6) is 11.5 Å². The van der Waals surface area contributed by atoms with Gasteiger partial charge in [-0.25, -0.2) is 10.5 Å². The molecule has 25 heavy (non-hydrogen) atoms. The lowest BCUT2D eigenvalue weighted by Gasteiger charge is -2.18. The molecule has 0 bridgehead atoms. The molecule has 8 nitrogen and oxygen atoms in total. The Morgan fingerprint density at radius 1 is 1.20 bits per heavy atom. The summed E-state index contributed by atoms with van der Waals surface area (Å²) in [6.45, 7) is 0.948. The van der Waals surface area contributed by atoms with Gasteiger partial charge in [-0.15, -0.1) is 0 Å². The first-order valence-electron chi connectivity index (χ1n) is 7.80. The standard InChI is InChI=1S/C17H16N4O4/c22-15(20-23)10-18-17-16(19-14-3-1-2-6-21(14)17)11-4-5-12-13(9-11)25-8-7-24-12/h1-6,9,18,23H,7-8,10H2,(H,20,22). The van der Waals surface area contributed by atoms with Crippen LogP contribution in [0.15, 0.2) is 42.6 Å². The van der Waals surface area contributed by atoms with E-state index in [1.165, 1.54) is 0 Å². The van der Waals surface area contributed by atoms with Gasteiger partial charge in [-0.05, 0) is 30.3 Å². The van der Waals surface area contributed by atoms with Gasteiger partial charge in [-0.3, -0.25) is 14.4 Å². The number of benzene rings is 1. The lowest BCUT2D eigenvalue weighted by molar-refractivity contribution is -0.127. The molecule has 0 saturated heterocycles. The third-order valence-electron chi connectivity index (χ3n) is 3.89. The van der Waals surface area contributed by atoms with Gasteiger partial charge in [0.15, 0.2) is 11.5 Å². The highest BCUT2D eigenvalue weighted by molar-refractivity contribution is 5.83. The van der Waals surface area contributed by atoms with E-state index in [4.69, 9.17) is 14.7 Å². The Balaban J connectivity index is 1.79. The molecule has 3 N–H and O–H groups in total. The predicted octanol–water partition coefficient (Wildman–Crippen LogP) is 1.69. The van der Waals surface area contributed by atoms with Crippen LogP contribution in [-0.2, 0) is 4.79 Å². The molecule has 0 atom stereocenters. The van der Waals surface area contributed by atoms with E-state index < -0.39 is 5.91 Å². The van der Waals surface area contributed by atoms with E-state index in [0.29, 0.717) is 36.2 Å². The quantitative estimate of drug-likeness (QED) is 0.494. The van der Waals surface area contributed by atoms with Gasteiger partial charge in [0.1, 0.15) is 30.4 Å². The second kappa shape index (κ2) is 6.33. The van der Waals surface area contributed by atoms with Crippen molar-refractivity contribution in [3.05, 3.63) is 42.6 Å². The largest absolute Gasteiger partial charge is 0.486 e. The number of hydrogen-bond acceptors (Lipinski definition) is 6. The third kappa shape index (κ3) is 2.83. The molecule has 1 aliphatic rings. The van der Waals surface area contributed by atoms with Crippen LogP contribution >= 0.6 is 0 Å². The number of nitrogens with zero attached hydrogens (tertiary/aromatic N) is 2. The van der Waals surface area contributed by atoms with E-state index in [9.17, 15) is 4.79 Å². The van der Waals surface area contributed by atoms with Crippen LogP contribution in [0.2, 0.25) is 0 Å². The third-order valence-corrected chi connectivity index (χ3v) is 3.89. The number of carbonyl (C=O) groups excluding carboxylic acids is 1. The number of imidazole rings is 1. The Morgan fingerprint density at radius 2 is 2.04 bits per heavy atom. The predicted molar refractivity (Wildman–Crippen MR) is 90.0 cm³/mol. The summed E-state index contributed by atoms with van der Waals surface area (Å²) in [5.74, 6) is 1.47. The second-order valence-corrected chi connectivity index (χ2v) is 5.48. The van der Waals surface area contributed by atoms with Crippen molar-refractivity contribution in [2.75, 3.05) is 25.1 Å². The zero-order valence-corrected chi connectivity index (χ0v) is 13.2. The molecule has 1 aromatic carbocycles. The maximum absolute atomic E-state index is 11.4. The molecule has 0 radical (unpaired) electrons. The van der Waals surface area contributed by atoms with Crippen molar-refractivity contribution in [2.24, 2.45) is 0 Å². The summed E-state index contributed by atoms with van der Waals surface area (Å²) in [6, 6.07) is 11.2. The van der Waals surface area contributed by atoms with Gasteiger partial charge in [-0.1, -0.05) is 6.07 Å². The summed E-state index contributed by atoms with van der Waals surface area (Å²) < 4.78 is 13.0.